The summed E-state index contributed by atoms with van der Waals surface area (Å²) in [6.07, 6.45) is 2.74. The van der Waals surface area contributed by atoms with Crippen LogP contribution in [0.25, 0.3) is 0 Å². The van der Waals surface area contributed by atoms with Crippen molar-refractivity contribution in [1.29, 1.82) is 0 Å². The SMILES string of the molecule is COc1ccc(CN2CCC(OC)CC2)cc1I. The molecule has 0 N–H and O–H groups in total. The molecule has 1 aromatic rings. The number of hydrogen-bond donors (Lipinski definition) is 0. The van der Waals surface area contributed by atoms with Crippen LogP contribution in [-0.2, 0) is 11.3 Å². The first-order chi connectivity index (χ1) is 8.72. The minimum Gasteiger partial charge on any atom is -0.496 e. The van der Waals surface area contributed by atoms with Gasteiger partial charge in [0.2, 0.25) is 0 Å². The number of rotatable bonds is 4. The predicted octanol–water partition coefficient (Wildman–Crippen LogP) is 2.91. The van der Waals surface area contributed by atoms with Crippen LogP contribution >= 0.6 is 22.6 Å². The van der Waals surface area contributed by atoms with Crippen molar-refractivity contribution >= 4 is 22.6 Å². The molecule has 1 heterocycles. The first-order valence-electron chi connectivity index (χ1n) is 6.30. The Bertz CT molecular complexity index is 389. The van der Waals surface area contributed by atoms with Crippen molar-refractivity contribution in [2.45, 2.75) is 25.5 Å². The molecule has 0 radical (unpaired) electrons. The number of likely N-dealkylation sites (tertiary alicyclic amines) is 1. The Hall–Kier alpha value is -0.330. The van der Waals surface area contributed by atoms with Crippen LogP contribution in [0, 0.1) is 3.57 Å². The minimum atomic E-state index is 0.456. The summed E-state index contributed by atoms with van der Waals surface area (Å²) < 4.78 is 11.9. The fraction of sp³-hybridized carbons (Fsp3) is 0.571. The third kappa shape index (κ3) is 3.59. The van der Waals surface area contributed by atoms with E-state index in [-0.39, 0.29) is 0 Å². The highest BCUT2D eigenvalue weighted by Gasteiger charge is 2.18. The van der Waals surface area contributed by atoms with E-state index in [4.69, 9.17) is 9.47 Å². The molecule has 1 fully saturated rings. The van der Waals surface area contributed by atoms with Crippen molar-refractivity contribution in [1.82, 2.24) is 4.90 Å². The van der Waals surface area contributed by atoms with Crippen LogP contribution in [0.5, 0.6) is 5.75 Å². The standard InChI is InChI=1S/C14H20INO2/c1-17-12-5-7-16(8-6-12)10-11-3-4-14(18-2)13(15)9-11/h3-4,9,12H,5-8,10H2,1-2H3. The van der Waals surface area contributed by atoms with Gasteiger partial charge in [0.1, 0.15) is 5.75 Å². The van der Waals surface area contributed by atoms with Crippen molar-refractivity contribution in [2.24, 2.45) is 0 Å². The molecule has 0 aliphatic carbocycles. The Morgan fingerprint density at radius 3 is 2.56 bits per heavy atom. The highest BCUT2D eigenvalue weighted by molar-refractivity contribution is 14.1. The molecule has 0 amide bonds. The van der Waals surface area contributed by atoms with E-state index in [1.807, 2.05) is 7.11 Å². The Balaban J connectivity index is 1.92. The number of methoxy groups -OCH3 is 2. The van der Waals surface area contributed by atoms with E-state index in [0.717, 1.165) is 38.2 Å². The van der Waals surface area contributed by atoms with Crippen molar-refractivity contribution in [2.75, 3.05) is 27.3 Å². The topological polar surface area (TPSA) is 21.7 Å². The zero-order valence-corrected chi connectivity index (χ0v) is 13.1. The van der Waals surface area contributed by atoms with Crippen LogP contribution in [0.15, 0.2) is 18.2 Å². The van der Waals surface area contributed by atoms with Gasteiger partial charge >= 0.3 is 0 Å². The first-order valence-corrected chi connectivity index (χ1v) is 7.38. The summed E-state index contributed by atoms with van der Waals surface area (Å²) in [6, 6.07) is 6.42. The van der Waals surface area contributed by atoms with E-state index in [1.165, 1.54) is 9.13 Å². The second-order valence-corrected chi connectivity index (χ2v) is 5.84. The summed E-state index contributed by atoms with van der Waals surface area (Å²) in [6.45, 7) is 3.28. The van der Waals surface area contributed by atoms with Crippen LogP contribution in [0.4, 0.5) is 0 Å². The number of ether oxygens (including phenoxy) is 2. The van der Waals surface area contributed by atoms with Crippen molar-refractivity contribution in [3.05, 3.63) is 27.3 Å². The molecular formula is C14H20INO2. The number of halogens is 1. The van der Waals surface area contributed by atoms with Gasteiger partial charge in [-0.15, -0.1) is 0 Å². The molecule has 1 aliphatic heterocycles. The number of nitrogens with zero attached hydrogens (tertiary/aromatic N) is 1. The van der Waals surface area contributed by atoms with E-state index in [2.05, 4.69) is 45.7 Å². The third-order valence-corrected chi connectivity index (χ3v) is 4.33. The summed E-state index contributed by atoms with van der Waals surface area (Å²) in [5.41, 5.74) is 1.36. The average Bonchev–Trinajstić information content (AvgIpc) is 2.40. The lowest BCUT2D eigenvalue weighted by Gasteiger charge is -2.31. The summed E-state index contributed by atoms with van der Waals surface area (Å²) in [4.78, 5) is 2.49. The molecule has 0 unspecified atom stereocenters. The quantitative estimate of drug-likeness (QED) is 0.770. The van der Waals surface area contributed by atoms with Gasteiger partial charge in [0.25, 0.3) is 0 Å². The van der Waals surface area contributed by atoms with Gasteiger partial charge in [0, 0.05) is 26.7 Å². The van der Waals surface area contributed by atoms with Gasteiger partial charge in [0.05, 0.1) is 16.8 Å². The Morgan fingerprint density at radius 2 is 2.00 bits per heavy atom. The van der Waals surface area contributed by atoms with Crippen LogP contribution in [0.2, 0.25) is 0 Å². The molecule has 0 saturated carbocycles. The summed E-state index contributed by atoms with van der Waals surface area (Å²) >= 11 is 2.33. The smallest absolute Gasteiger partial charge is 0.132 e. The Kier molecular flexibility index (Phi) is 5.26. The van der Waals surface area contributed by atoms with E-state index < -0.39 is 0 Å². The first kappa shape index (κ1) is 14.1. The van der Waals surface area contributed by atoms with Crippen molar-refractivity contribution in [3.63, 3.8) is 0 Å². The molecular weight excluding hydrogens is 341 g/mol. The van der Waals surface area contributed by atoms with Crippen molar-refractivity contribution in [3.8, 4) is 5.75 Å². The lowest BCUT2D eigenvalue weighted by Crippen LogP contribution is -2.36. The fourth-order valence-electron chi connectivity index (χ4n) is 2.37. The van der Waals surface area contributed by atoms with Gasteiger partial charge in [-0.3, -0.25) is 4.90 Å². The highest BCUT2D eigenvalue weighted by Crippen LogP contribution is 2.23. The van der Waals surface area contributed by atoms with Gasteiger partial charge in [-0.05, 0) is 53.1 Å². The molecule has 0 spiro atoms. The molecule has 3 nitrogen and oxygen atoms in total. The van der Waals surface area contributed by atoms with Gasteiger partial charge in [0.15, 0.2) is 0 Å². The van der Waals surface area contributed by atoms with Gasteiger partial charge < -0.3 is 9.47 Å². The second kappa shape index (κ2) is 6.73. The maximum Gasteiger partial charge on any atom is 0.132 e. The van der Waals surface area contributed by atoms with Crippen LogP contribution in [0.3, 0.4) is 0 Å². The zero-order chi connectivity index (χ0) is 13.0. The number of benzene rings is 1. The summed E-state index contributed by atoms with van der Waals surface area (Å²) in [5, 5.41) is 0. The average molecular weight is 361 g/mol. The summed E-state index contributed by atoms with van der Waals surface area (Å²) in [5.74, 6) is 0.956. The third-order valence-electron chi connectivity index (χ3n) is 3.49. The van der Waals surface area contributed by atoms with E-state index in [0.29, 0.717) is 6.10 Å². The molecule has 0 aromatic heterocycles. The van der Waals surface area contributed by atoms with Crippen LogP contribution in [-0.4, -0.2) is 38.3 Å². The largest absolute Gasteiger partial charge is 0.496 e. The summed E-state index contributed by atoms with van der Waals surface area (Å²) in [7, 11) is 3.53. The molecule has 1 aromatic carbocycles. The molecule has 100 valence electrons. The number of hydrogen-bond acceptors (Lipinski definition) is 3. The van der Waals surface area contributed by atoms with Crippen molar-refractivity contribution < 1.29 is 9.47 Å². The van der Waals surface area contributed by atoms with E-state index in [9.17, 15) is 0 Å². The van der Waals surface area contributed by atoms with Crippen LogP contribution in [0.1, 0.15) is 18.4 Å². The Labute approximate surface area is 123 Å². The molecule has 2 rings (SSSR count). The molecule has 1 saturated heterocycles. The molecule has 0 bridgehead atoms. The minimum absolute atomic E-state index is 0.456. The van der Waals surface area contributed by atoms with Gasteiger partial charge in [-0.1, -0.05) is 6.07 Å². The maximum atomic E-state index is 5.39. The fourth-order valence-corrected chi connectivity index (χ4v) is 3.17. The lowest BCUT2D eigenvalue weighted by atomic mass is 10.1. The van der Waals surface area contributed by atoms with Crippen LogP contribution < -0.4 is 4.74 Å². The van der Waals surface area contributed by atoms with E-state index >= 15 is 0 Å². The zero-order valence-electron chi connectivity index (χ0n) is 11.0. The number of piperidine rings is 1. The monoisotopic (exact) mass is 361 g/mol. The second-order valence-electron chi connectivity index (χ2n) is 4.68. The Morgan fingerprint density at radius 1 is 1.28 bits per heavy atom. The predicted molar refractivity (Wildman–Crippen MR) is 81.0 cm³/mol. The van der Waals surface area contributed by atoms with Gasteiger partial charge in [-0.2, -0.15) is 0 Å². The van der Waals surface area contributed by atoms with Gasteiger partial charge in [-0.25, -0.2) is 0 Å². The highest BCUT2D eigenvalue weighted by atomic mass is 127. The lowest BCUT2D eigenvalue weighted by molar-refractivity contribution is 0.0388. The molecule has 1 aliphatic rings. The van der Waals surface area contributed by atoms with E-state index in [1.54, 1.807) is 7.11 Å². The molecule has 18 heavy (non-hydrogen) atoms. The maximum absolute atomic E-state index is 5.39. The normalized spacial score (nSPS) is 17.9. The molecule has 4 heteroatoms. The molecule has 0 atom stereocenters.